The van der Waals surface area contributed by atoms with Crippen LogP contribution in [0.2, 0.25) is 0 Å². The van der Waals surface area contributed by atoms with Crippen molar-refractivity contribution in [2.45, 2.75) is 26.4 Å². The van der Waals surface area contributed by atoms with Crippen molar-refractivity contribution >= 4 is 28.5 Å². The zero-order chi connectivity index (χ0) is 22.4. The Morgan fingerprint density at radius 3 is 2.58 bits per heavy atom. The van der Waals surface area contributed by atoms with Crippen molar-refractivity contribution in [3.8, 4) is 5.88 Å². The van der Waals surface area contributed by atoms with Crippen LogP contribution in [0.5, 0.6) is 5.88 Å². The van der Waals surface area contributed by atoms with Crippen LogP contribution < -0.4 is 5.32 Å². The van der Waals surface area contributed by atoms with Crippen molar-refractivity contribution in [1.29, 1.82) is 0 Å². The summed E-state index contributed by atoms with van der Waals surface area (Å²) in [6, 6.07) is 11.2. The van der Waals surface area contributed by atoms with Gasteiger partial charge in [-0.25, -0.2) is 0 Å². The van der Waals surface area contributed by atoms with E-state index in [1.165, 1.54) is 18.3 Å². The van der Waals surface area contributed by atoms with Crippen molar-refractivity contribution in [3.63, 3.8) is 0 Å². The Bertz CT molecular complexity index is 1040. The molecule has 0 amide bonds. The smallest absolute Gasteiger partial charge is 0.418 e. The number of aromatic amines is 1. The fourth-order valence-corrected chi connectivity index (χ4v) is 3.49. The summed E-state index contributed by atoms with van der Waals surface area (Å²) in [5.41, 5.74) is 0.601. The quantitative estimate of drug-likeness (QED) is 0.296. The van der Waals surface area contributed by atoms with Crippen LogP contribution in [0.25, 0.3) is 10.9 Å². The van der Waals surface area contributed by atoms with E-state index in [4.69, 9.17) is 0 Å². The molecule has 3 rings (SSSR count). The maximum atomic E-state index is 13.6. The minimum Gasteiger partial charge on any atom is -0.494 e. The molecule has 0 saturated heterocycles. The summed E-state index contributed by atoms with van der Waals surface area (Å²) in [7, 11) is 0. The van der Waals surface area contributed by atoms with E-state index in [9.17, 15) is 18.3 Å². The third-order valence-corrected chi connectivity index (χ3v) is 5.24. The molecule has 2 aromatic carbocycles. The number of halogens is 3. The highest BCUT2D eigenvalue weighted by Crippen LogP contribution is 2.37. The second kappa shape index (κ2) is 9.87. The first-order valence-corrected chi connectivity index (χ1v) is 10.3. The number of fused-ring (bicyclic) bond motifs is 1. The maximum Gasteiger partial charge on any atom is 0.418 e. The van der Waals surface area contributed by atoms with Crippen molar-refractivity contribution < 1.29 is 18.3 Å². The number of aromatic nitrogens is 1. The molecule has 0 saturated carbocycles. The van der Waals surface area contributed by atoms with E-state index in [0.717, 1.165) is 43.0 Å². The Morgan fingerprint density at radius 1 is 1.13 bits per heavy atom. The molecule has 3 N–H and O–H groups in total. The van der Waals surface area contributed by atoms with Crippen molar-refractivity contribution in [1.82, 2.24) is 9.88 Å². The van der Waals surface area contributed by atoms with E-state index in [1.807, 2.05) is 12.1 Å². The summed E-state index contributed by atoms with van der Waals surface area (Å²) in [6.07, 6.45) is -2.38. The van der Waals surface area contributed by atoms with Gasteiger partial charge in [-0.2, -0.15) is 13.2 Å². The second-order valence-electron chi connectivity index (χ2n) is 7.23. The van der Waals surface area contributed by atoms with E-state index in [1.54, 1.807) is 12.1 Å². The van der Waals surface area contributed by atoms with Gasteiger partial charge >= 0.3 is 6.18 Å². The summed E-state index contributed by atoms with van der Waals surface area (Å²) in [5.74, 6) is -0.0764. The van der Waals surface area contributed by atoms with E-state index >= 15 is 0 Å². The van der Waals surface area contributed by atoms with Crippen LogP contribution >= 0.6 is 0 Å². The van der Waals surface area contributed by atoms with Crippen LogP contribution in [0.15, 0.2) is 47.5 Å². The Hall–Kier alpha value is -3.00. The normalized spacial score (nSPS) is 12.3. The van der Waals surface area contributed by atoms with Gasteiger partial charge in [-0.3, -0.25) is 4.99 Å². The molecule has 0 atom stereocenters. The molecule has 5 nitrogen and oxygen atoms in total. The molecule has 0 spiro atoms. The molecule has 0 radical (unpaired) electrons. The fraction of sp³-hybridized carbons (Fsp3) is 0.348. The van der Waals surface area contributed by atoms with Crippen LogP contribution in [0.1, 0.15) is 31.4 Å². The lowest BCUT2D eigenvalue weighted by Gasteiger charge is -2.19. The number of alkyl halides is 3. The highest BCUT2D eigenvalue weighted by molar-refractivity contribution is 6.02. The Balaban J connectivity index is 1.78. The minimum absolute atomic E-state index is 0.0425. The third kappa shape index (κ3) is 5.58. The maximum absolute atomic E-state index is 13.6. The van der Waals surface area contributed by atoms with Gasteiger partial charge in [0.15, 0.2) is 5.88 Å². The highest BCUT2D eigenvalue weighted by Gasteiger charge is 2.33. The number of hydrogen-bond acceptors (Lipinski definition) is 4. The first kappa shape index (κ1) is 22.7. The molecular weight excluding hydrogens is 405 g/mol. The summed E-state index contributed by atoms with van der Waals surface area (Å²) < 4.78 is 40.8. The molecule has 0 aliphatic carbocycles. The van der Waals surface area contributed by atoms with Crippen LogP contribution in [0.3, 0.4) is 0 Å². The topological polar surface area (TPSA) is 63.6 Å². The van der Waals surface area contributed by atoms with Crippen LogP contribution in [0, 0.1) is 0 Å². The molecule has 1 heterocycles. The highest BCUT2D eigenvalue weighted by atomic mass is 19.4. The minimum atomic E-state index is -4.50. The lowest BCUT2D eigenvalue weighted by Crippen LogP contribution is -2.25. The number of H-pyrrole nitrogens is 1. The Kier molecular flexibility index (Phi) is 7.22. The predicted molar refractivity (Wildman–Crippen MR) is 120 cm³/mol. The summed E-state index contributed by atoms with van der Waals surface area (Å²) in [5, 5.41) is 13.7. The number of nitrogens with one attached hydrogen (secondary N) is 2. The van der Waals surface area contributed by atoms with Gasteiger partial charge in [-0.05, 0) is 50.3 Å². The lowest BCUT2D eigenvalue weighted by atomic mass is 10.1. The SMILES string of the molecule is CCN(CC)CCCNc1ccc(N=Cc2c(O)[nH]c3ccccc23)cc1C(F)(F)F. The van der Waals surface area contributed by atoms with Gasteiger partial charge in [0.2, 0.25) is 0 Å². The van der Waals surface area contributed by atoms with E-state index in [0.29, 0.717) is 12.1 Å². The zero-order valence-electron chi connectivity index (χ0n) is 17.6. The number of benzene rings is 2. The Morgan fingerprint density at radius 2 is 1.87 bits per heavy atom. The van der Waals surface area contributed by atoms with E-state index in [2.05, 4.69) is 34.0 Å². The van der Waals surface area contributed by atoms with E-state index < -0.39 is 11.7 Å². The molecule has 0 aliphatic heterocycles. The number of nitrogens with zero attached hydrogens (tertiary/aromatic N) is 2. The van der Waals surface area contributed by atoms with Gasteiger partial charge < -0.3 is 20.3 Å². The number of rotatable bonds is 9. The zero-order valence-corrected chi connectivity index (χ0v) is 17.6. The average molecular weight is 432 g/mol. The molecule has 1 aromatic heterocycles. The van der Waals surface area contributed by atoms with Gasteiger partial charge in [-0.15, -0.1) is 0 Å². The van der Waals surface area contributed by atoms with Gasteiger partial charge in [0.25, 0.3) is 0 Å². The summed E-state index contributed by atoms with van der Waals surface area (Å²) in [4.78, 5) is 9.23. The predicted octanol–water partition coefficient (Wildman–Crippen LogP) is 5.79. The summed E-state index contributed by atoms with van der Waals surface area (Å²) in [6.45, 7) is 7.25. The number of hydrogen-bond donors (Lipinski definition) is 3. The van der Waals surface area contributed by atoms with Crippen LogP contribution in [0.4, 0.5) is 24.5 Å². The molecule has 0 unspecified atom stereocenters. The molecule has 31 heavy (non-hydrogen) atoms. The van der Waals surface area contributed by atoms with Crippen molar-refractivity contribution in [2.75, 3.05) is 31.5 Å². The number of para-hydroxylation sites is 1. The molecule has 166 valence electrons. The van der Waals surface area contributed by atoms with Gasteiger partial charge in [0, 0.05) is 29.3 Å². The fourth-order valence-electron chi connectivity index (χ4n) is 3.49. The van der Waals surface area contributed by atoms with Crippen LogP contribution in [-0.2, 0) is 6.18 Å². The average Bonchev–Trinajstić information content (AvgIpc) is 3.07. The number of aromatic hydroxyl groups is 1. The third-order valence-electron chi connectivity index (χ3n) is 5.24. The molecule has 0 fully saturated rings. The number of anilines is 1. The first-order valence-electron chi connectivity index (χ1n) is 10.3. The van der Waals surface area contributed by atoms with Crippen molar-refractivity contribution in [2.24, 2.45) is 4.99 Å². The first-order chi connectivity index (χ1) is 14.8. The number of aliphatic imine (C=N–C) groups is 1. The molecule has 0 bridgehead atoms. The van der Waals surface area contributed by atoms with Crippen molar-refractivity contribution in [3.05, 3.63) is 53.6 Å². The van der Waals surface area contributed by atoms with Gasteiger partial charge in [-0.1, -0.05) is 32.0 Å². The largest absolute Gasteiger partial charge is 0.494 e. The van der Waals surface area contributed by atoms with E-state index in [-0.39, 0.29) is 17.3 Å². The molecule has 3 aromatic rings. The lowest BCUT2D eigenvalue weighted by molar-refractivity contribution is -0.136. The molecular formula is C23H27F3N4O. The molecule has 8 heteroatoms. The standard InChI is InChI=1S/C23H27F3N4O/c1-3-30(4-2)13-7-12-27-21-11-10-16(14-19(21)23(24,25)26)28-15-18-17-8-5-6-9-20(17)29-22(18)31/h5-6,8-11,14-15,27,29,31H,3-4,7,12-13H2,1-2H3. The van der Waals surface area contributed by atoms with Gasteiger partial charge in [0.05, 0.1) is 16.8 Å². The monoisotopic (exact) mass is 432 g/mol. The second-order valence-corrected chi connectivity index (χ2v) is 7.23. The van der Waals surface area contributed by atoms with Gasteiger partial charge in [0.1, 0.15) is 0 Å². The Labute approximate surface area is 179 Å². The van der Waals surface area contributed by atoms with Crippen LogP contribution in [-0.4, -0.2) is 47.4 Å². The molecule has 0 aliphatic rings. The summed E-state index contributed by atoms with van der Waals surface area (Å²) >= 11 is 0.